The lowest BCUT2D eigenvalue weighted by Gasteiger charge is -2.41. The molecule has 168 valence electrons. The van der Waals surface area contributed by atoms with Gasteiger partial charge in [0.1, 0.15) is 0 Å². The number of fused-ring (bicyclic) bond motifs is 1. The standard InChI is InChI=1S/C27H29N5S/c1-18-16-27(2,3)31(4)23-9-8-20(15-21(18)23)25-24(22-7-5-6-12-29-22)30-26(33)32(25)17-19-10-13-28-14-11-19/h5-16,24-25H,17H2,1-4H3,(H,30,33)/t24-,25+/m0/s1. The van der Waals surface area contributed by atoms with E-state index in [2.05, 4.69) is 83.2 Å². The number of nitrogens with one attached hydrogen (secondary N) is 1. The van der Waals surface area contributed by atoms with Crippen LogP contribution in [-0.4, -0.2) is 32.6 Å². The van der Waals surface area contributed by atoms with Crippen molar-refractivity contribution in [1.29, 1.82) is 0 Å². The molecule has 4 heterocycles. The molecule has 1 N–H and O–H groups in total. The summed E-state index contributed by atoms with van der Waals surface area (Å²) in [5.74, 6) is 0. The molecule has 1 saturated heterocycles. The largest absolute Gasteiger partial charge is 0.366 e. The third kappa shape index (κ3) is 3.89. The number of aromatic nitrogens is 2. The zero-order chi connectivity index (χ0) is 23.2. The maximum atomic E-state index is 5.84. The molecule has 0 unspecified atom stereocenters. The number of nitrogens with zero attached hydrogens (tertiary/aromatic N) is 4. The first kappa shape index (κ1) is 21.6. The van der Waals surface area contributed by atoms with Crippen LogP contribution in [0.2, 0.25) is 0 Å². The summed E-state index contributed by atoms with van der Waals surface area (Å²) in [5.41, 5.74) is 7.22. The molecule has 0 radical (unpaired) electrons. The van der Waals surface area contributed by atoms with Crippen LogP contribution < -0.4 is 10.2 Å². The topological polar surface area (TPSA) is 44.3 Å². The van der Waals surface area contributed by atoms with Crippen LogP contribution in [-0.2, 0) is 6.54 Å². The summed E-state index contributed by atoms with van der Waals surface area (Å²) in [6.45, 7) is 7.42. The van der Waals surface area contributed by atoms with Crippen LogP contribution in [0.15, 0.2) is 73.2 Å². The number of thiocarbonyl (C=S) groups is 1. The predicted molar refractivity (Wildman–Crippen MR) is 138 cm³/mol. The number of likely N-dealkylation sites (N-methyl/N-ethyl adjacent to an activating group) is 1. The summed E-state index contributed by atoms with van der Waals surface area (Å²) in [6.07, 6.45) is 7.86. The van der Waals surface area contributed by atoms with Crippen molar-refractivity contribution < 1.29 is 0 Å². The molecule has 6 heteroatoms. The van der Waals surface area contributed by atoms with Gasteiger partial charge in [-0.2, -0.15) is 0 Å². The van der Waals surface area contributed by atoms with Gasteiger partial charge in [-0.25, -0.2) is 0 Å². The molecule has 1 aromatic carbocycles. The summed E-state index contributed by atoms with van der Waals surface area (Å²) >= 11 is 5.84. The summed E-state index contributed by atoms with van der Waals surface area (Å²) in [4.78, 5) is 13.5. The van der Waals surface area contributed by atoms with Gasteiger partial charge in [0, 0.05) is 43.4 Å². The van der Waals surface area contributed by atoms with Gasteiger partial charge < -0.3 is 15.1 Å². The predicted octanol–water partition coefficient (Wildman–Crippen LogP) is 5.28. The van der Waals surface area contributed by atoms with Crippen LogP contribution in [0, 0.1) is 0 Å². The second-order valence-corrected chi connectivity index (χ2v) is 9.81. The number of rotatable bonds is 4. The molecule has 1 fully saturated rings. The van der Waals surface area contributed by atoms with E-state index in [1.165, 1.54) is 28.0 Å². The van der Waals surface area contributed by atoms with E-state index in [0.29, 0.717) is 6.54 Å². The molecule has 2 aromatic heterocycles. The van der Waals surface area contributed by atoms with Crippen molar-refractivity contribution in [1.82, 2.24) is 20.2 Å². The first-order valence-corrected chi connectivity index (χ1v) is 11.7. The quantitative estimate of drug-likeness (QED) is 0.540. The van der Waals surface area contributed by atoms with Crippen molar-refractivity contribution in [3.05, 3.63) is 95.6 Å². The van der Waals surface area contributed by atoms with Gasteiger partial charge in [-0.1, -0.05) is 18.2 Å². The first-order chi connectivity index (χ1) is 15.8. The van der Waals surface area contributed by atoms with Gasteiger partial charge >= 0.3 is 0 Å². The van der Waals surface area contributed by atoms with Gasteiger partial charge in [-0.05, 0) is 86.1 Å². The summed E-state index contributed by atoms with van der Waals surface area (Å²) in [6, 6.07) is 17.0. The van der Waals surface area contributed by atoms with E-state index >= 15 is 0 Å². The Balaban J connectivity index is 1.60. The van der Waals surface area contributed by atoms with Gasteiger partial charge in [-0.15, -0.1) is 0 Å². The molecule has 2 atom stereocenters. The lowest BCUT2D eigenvalue weighted by molar-refractivity contribution is 0.311. The van der Waals surface area contributed by atoms with Gasteiger partial charge in [0.25, 0.3) is 0 Å². The fourth-order valence-corrected chi connectivity index (χ4v) is 5.29. The Kier molecular flexibility index (Phi) is 5.41. The number of anilines is 1. The molecule has 5 rings (SSSR count). The highest BCUT2D eigenvalue weighted by Crippen LogP contribution is 2.44. The first-order valence-electron chi connectivity index (χ1n) is 11.3. The molecule has 0 saturated carbocycles. The molecule has 2 aliphatic heterocycles. The molecule has 33 heavy (non-hydrogen) atoms. The normalized spacial score (nSPS) is 21.5. The molecular weight excluding hydrogens is 426 g/mol. The number of benzene rings is 1. The van der Waals surface area contributed by atoms with E-state index in [1.807, 2.05) is 42.9 Å². The minimum atomic E-state index is -0.0272. The van der Waals surface area contributed by atoms with E-state index < -0.39 is 0 Å². The van der Waals surface area contributed by atoms with Crippen LogP contribution in [0.1, 0.15) is 55.2 Å². The molecule has 0 aliphatic carbocycles. The van der Waals surface area contributed by atoms with Gasteiger partial charge in [-0.3, -0.25) is 9.97 Å². The number of allylic oxidation sites excluding steroid dienone is 1. The number of hydrogen-bond donors (Lipinski definition) is 1. The van der Waals surface area contributed by atoms with Crippen molar-refractivity contribution >= 4 is 28.6 Å². The van der Waals surface area contributed by atoms with Crippen molar-refractivity contribution in [2.24, 2.45) is 0 Å². The molecular formula is C27H29N5S. The van der Waals surface area contributed by atoms with Crippen molar-refractivity contribution in [2.75, 3.05) is 11.9 Å². The Bertz CT molecular complexity index is 1210. The molecule has 3 aromatic rings. The number of pyridine rings is 2. The second kappa shape index (κ2) is 8.27. The lowest BCUT2D eigenvalue weighted by atomic mass is 9.86. The molecule has 0 bridgehead atoms. The van der Waals surface area contributed by atoms with Crippen molar-refractivity contribution in [2.45, 2.75) is 44.9 Å². The van der Waals surface area contributed by atoms with Crippen LogP contribution in [0.4, 0.5) is 5.69 Å². The minimum absolute atomic E-state index is 0.0149. The highest BCUT2D eigenvalue weighted by molar-refractivity contribution is 7.80. The molecule has 0 amide bonds. The van der Waals surface area contributed by atoms with E-state index in [1.54, 1.807) is 0 Å². The Morgan fingerprint density at radius 2 is 1.85 bits per heavy atom. The summed E-state index contributed by atoms with van der Waals surface area (Å²) < 4.78 is 0. The zero-order valence-electron chi connectivity index (χ0n) is 19.5. The highest BCUT2D eigenvalue weighted by Gasteiger charge is 2.40. The van der Waals surface area contributed by atoms with Gasteiger partial charge in [0.2, 0.25) is 0 Å². The van der Waals surface area contributed by atoms with Crippen molar-refractivity contribution in [3.8, 4) is 0 Å². The maximum absolute atomic E-state index is 5.84. The molecule has 2 aliphatic rings. The Labute approximate surface area is 201 Å². The smallest absolute Gasteiger partial charge is 0.170 e. The fraction of sp³-hybridized carbons (Fsp3) is 0.296. The average Bonchev–Trinajstić information content (AvgIpc) is 3.14. The van der Waals surface area contributed by atoms with Gasteiger partial charge in [0.05, 0.1) is 23.3 Å². The average molecular weight is 456 g/mol. The van der Waals surface area contributed by atoms with Crippen LogP contribution in [0.25, 0.3) is 5.57 Å². The Morgan fingerprint density at radius 3 is 2.58 bits per heavy atom. The number of hydrogen-bond acceptors (Lipinski definition) is 4. The minimum Gasteiger partial charge on any atom is -0.366 e. The van der Waals surface area contributed by atoms with Crippen LogP contribution >= 0.6 is 12.2 Å². The SMILES string of the molecule is CC1=CC(C)(C)N(C)c2ccc([C@@H]3[C@H](c4ccccn4)NC(=S)N3Cc3ccncc3)cc21. The van der Waals surface area contributed by atoms with Crippen LogP contribution in [0.5, 0.6) is 0 Å². The lowest BCUT2D eigenvalue weighted by Crippen LogP contribution is -2.42. The van der Waals surface area contributed by atoms with E-state index in [4.69, 9.17) is 12.2 Å². The Hall–Kier alpha value is -3.25. The summed E-state index contributed by atoms with van der Waals surface area (Å²) in [7, 11) is 2.17. The fourth-order valence-electron chi connectivity index (χ4n) is 4.99. The van der Waals surface area contributed by atoms with E-state index in [-0.39, 0.29) is 17.6 Å². The molecule has 5 nitrogen and oxygen atoms in total. The van der Waals surface area contributed by atoms with Crippen LogP contribution in [0.3, 0.4) is 0 Å². The van der Waals surface area contributed by atoms with Crippen molar-refractivity contribution in [3.63, 3.8) is 0 Å². The Morgan fingerprint density at radius 1 is 1.06 bits per heavy atom. The van der Waals surface area contributed by atoms with E-state index in [9.17, 15) is 0 Å². The highest BCUT2D eigenvalue weighted by atomic mass is 32.1. The van der Waals surface area contributed by atoms with Gasteiger partial charge in [0.15, 0.2) is 5.11 Å². The monoisotopic (exact) mass is 455 g/mol. The second-order valence-electron chi connectivity index (χ2n) is 9.43. The van der Waals surface area contributed by atoms with E-state index in [0.717, 1.165) is 10.8 Å². The maximum Gasteiger partial charge on any atom is 0.170 e. The molecule has 0 spiro atoms. The third-order valence-corrected chi connectivity index (χ3v) is 7.23. The summed E-state index contributed by atoms with van der Waals surface area (Å²) in [5, 5.41) is 4.30. The zero-order valence-corrected chi connectivity index (χ0v) is 20.3. The third-order valence-electron chi connectivity index (χ3n) is 6.88.